The van der Waals surface area contributed by atoms with Crippen LogP contribution < -0.4 is 5.32 Å². The average molecular weight is 280 g/mol. The van der Waals surface area contributed by atoms with Crippen LogP contribution in [0, 0.1) is 0 Å². The van der Waals surface area contributed by atoms with Crippen LogP contribution in [0.3, 0.4) is 0 Å². The molecule has 19 heavy (non-hydrogen) atoms. The van der Waals surface area contributed by atoms with Crippen LogP contribution in [0.2, 0.25) is 0 Å². The van der Waals surface area contributed by atoms with Gasteiger partial charge >= 0.3 is 0 Å². The third-order valence-electron chi connectivity index (χ3n) is 3.35. The Morgan fingerprint density at radius 2 is 2.11 bits per heavy atom. The van der Waals surface area contributed by atoms with Crippen molar-refractivity contribution in [3.63, 3.8) is 0 Å². The minimum Gasteiger partial charge on any atom is -0.508 e. The molecule has 1 aromatic carbocycles. The minimum atomic E-state index is 0. The third kappa shape index (κ3) is 3.01. The van der Waals surface area contributed by atoms with Crippen LogP contribution in [0.5, 0.6) is 5.75 Å². The van der Waals surface area contributed by atoms with E-state index >= 15 is 0 Å². The lowest BCUT2D eigenvalue weighted by molar-refractivity contribution is 0.469. The Bertz CT molecular complexity index is 564. The maximum atomic E-state index is 9.70. The van der Waals surface area contributed by atoms with Crippen LogP contribution >= 0.6 is 12.4 Å². The molecule has 0 unspecified atom stereocenters. The van der Waals surface area contributed by atoms with Gasteiger partial charge in [0, 0.05) is 31.1 Å². The summed E-state index contributed by atoms with van der Waals surface area (Å²) in [6.45, 7) is 0.607. The van der Waals surface area contributed by atoms with Gasteiger partial charge in [0.1, 0.15) is 11.6 Å². The van der Waals surface area contributed by atoms with Gasteiger partial charge < -0.3 is 10.4 Å². The number of aromatic nitrogens is 2. The third-order valence-corrected chi connectivity index (χ3v) is 3.35. The second-order valence-corrected chi connectivity index (χ2v) is 4.83. The number of halogens is 1. The molecule has 5 heteroatoms. The van der Waals surface area contributed by atoms with E-state index in [2.05, 4.69) is 16.5 Å². The first-order chi connectivity index (χ1) is 8.74. The number of nitrogens with zero attached hydrogens (tertiary/aromatic N) is 2. The molecule has 4 nitrogen and oxygen atoms in total. The van der Waals surface area contributed by atoms with Crippen LogP contribution in [-0.4, -0.2) is 14.9 Å². The van der Waals surface area contributed by atoms with Crippen molar-refractivity contribution in [2.45, 2.75) is 25.3 Å². The Hall–Kier alpha value is -1.68. The van der Waals surface area contributed by atoms with E-state index in [0.29, 0.717) is 18.2 Å². The Balaban J connectivity index is 0.00000133. The van der Waals surface area contributed by atoms with Crippen molar-refractivity contribution >= 4 is 18.2 Å². The molecule has 2 N–H and O–H groups in total. The minimum absolute atomic E-state index is 0. The highest BCUT2D eigenvalue weighted by Crippen LogP contribution is 2.39. The number of phenols is 1. The van der Waals surface area contributed by atoms with Crippen molar-refractivity contribution < 1.29 is 5.11 Å². The second kappa shape index (κ2) is 5.53. The van der Waals surface area contributed by atoms with Crippen molar-refractivity contribution in [1.82, 2.24) is 9.78 Å². The van der Waals surface area contributed by atoms with Gasteiger partial charge in [-0.05, 0) is 18.9 Å². The summed E-state index contributed by atoms with van der Waals surface area (Å²) in [5.74, 6) is 1.99. The van der Waals surface area contributed by atoms with Crippen LogP contribution in [0.15, 0.2) is 30.3 Å². The predicted molar refractivity (Wildman–Crippen MR) is 77.9 cm³/mol. The lowest BCUT2D eigenvalue weighted by Crippen LogP contribution is -2.04. The molecule has 0 atom stereocenters. The molecule has 1 aliphatic carbocycles. The summed E-state index contributed by atoms with van der Waals surface area (Å²) in [4.78, 5) is 0. The summed E-state index contributed by atoms with van der Waals surface area (Å²) in [6.07, 6.45) is 2.52. The van der Waals surface area contributed by atoms with Gasteiger partial charge in [-0.15, -0.1) is 12.4 Å². The smallest absolute Gasteiger partial charge is 0.124 e. The molecule has 0 radical (unpaired) electrons. The number of rotatable bonds is 4. The number of anilines is 1. The van der Waals surface area contributed by atoms with E-state index < -0.39 is 0 Å². The Labute approximate surface area is 118 Å². The molecule has 1 saturated carbocycles. The zero-order valence-corrected chi connectivity index (χ0v) is 11.7. The Morgan fingerprint density at radius 1 is 1.37 bits per heavy atom. The lowest BCUT2D eigenvalue weighted by atomic mass is 10.2. The SMILES string of the molecule is Cl.Cn1nc(C2CC2)cc1NCc1ccccc1O. The molecule has 1 aliphatic rings. The van der Waals surface area contributed by atoms with E-state index in [9.17, 15) is 5.11 Å². The van der Waals surface area contributed by atoms with E-state index in [1.807, 2.05) is 29.9 Å². The monoisotopic (exact) mass is 279 g/mol. The van der Waals surface area contributed by atoms with Crippen LogP contribution in [-0.2, 0) is 13.6 Å². The molecule has 102 valence electrons. The first-order valence-electron chi connectivity index (χ1n) is 6.29. The molecule has 3 rings (SSSR count). The van der Waals surface area contributed by atoms with Gasteiger partial charge in [-0.1, -0.05) is 18.2 Å². The number of aryl methyl sites for hydroxylation is 1. The highest BCUT2D eigenvalue weighted by atomic mass is 35.5. The Kier molecular flexibility index (Phi) is 4.00. The van der Waals surface area contributed by atoms with Gasteiger partial charge in [0.25, 0.3) is 0 Å². The summed E-state index contributed by atoms with van der Waals surface area (Å²) < 4.78 is 1.87. The molecule has 1 aromatic heterocycles. The molecule has 2 aromatic rings. The number of phenolic OH excluding ortho intramolecular Hbond substituents is 1. The fraction of sp³-hybridized carbons (Fsp3) is 0.357. The summed E-state index contributed by atoms with van der Waals surface area (Å²) in [6, 6.07) is 9.48. The molecule has 0 saturated heterocycles. The molecule has 0 bridgehead atoms. The van der Waals surface area contributed by atoms with E-state index in [0.717, 1.165) is 11.4 Å². The molecule has 0 amide bonds. The van der Waals surface area contributed by atoms with E-state index in [4.69, 9.17) is 0 Å². The molecular weight excluding hydrogens is 262 g/mol. The molecule has 0 aliphatic heterocycles. The van der Waals surface area contributed by atoms with E-state index in [1.54, 1.807) is 6.07 Å². The molecule has 1 heterocycles. The standard InChI is InChI=1S/C14H17N3O.ClH/c1-17-14(8-12(16-17)10-6-7-10)15-9-11-4-2-3-5-13(11)18;/h2-5,8,10,15,18H,6-7,9H2,1H3;1H. The van der Waals surface area contributed by atoms with Crippen molar-refractivity contribution in [2.75, 3.05) is 5.32 Å². The number of hydrogen-bond donors (Lipinski definition) is 2. The summed E-state index contributed by atoms with van der Waals surface area (Å²) in [5.41, 5.74) is 2.07. The number of nitrogens with one attached hydrogen (secondary N) is 1. The average Bonchev–Trinajstić information content (AvgIpc) is 3.14. The van der Waals surface area contributed by atoms with Crippen molar-refractivity contribution in [2.24, 2.45) is 7.05 Å². The van der Waals surface area contributed by atoms with E-state index in [-0.39, 0.29) is 12.4 Å². The summed E-state index contributed by atoms with van der Waals surface area (Å²) >= 11 is 0. The van der Waals surface area contributed by atoms with Gasteiger partial charge in [-0.25, -0.2) is 0 Å². The molecule has 1 fully saturated rings. The largest absolute Gasteiger partial charge is 0.508 e. The highest BCUT2D eigenvalue weighted by molar-refractivity contribution is 5.85. The normalized spacial score (nSPS) is 13.9. The quantitative estimate of drug-likeness (QED) is 0.904. The maximum absolute atomic E-state index is 9.70. The topological polar surface area (TPSA) is 50.1 Å². The van der Waals surface area contributed by atoms with Gasteiger partial charge in [0.2, 0.25) is 0 Å². The first kappa shape index (κ1) is 13.7. The van der Waals surface area contributed by atoms with Crippen LogP contribution in [0.25, 0.3) is 0 Å². The maximum Gasteiger partial charge on any atom is 0.124 e. The second-order valence-electron chi connectivity index (χ2n) is 4.83. The summed E-state index contributed by atoms with van der Waals surface area (Å²) in [7, 11) is 1.94. The molecule has 0 spiro atoms. The Morgan fingerprint density at radius 3 is 2.79 bits per heavy atom. The van der Waals surface area contributed by atoms with Gasteiger partial charge in [-0.2, -0.15) is 5.10 Å². The van der Waals surface area contributed by atoms with Gasteiger partial charge in [0.05, 0.1) is 5.69 Å². The number of para-hydroxylation sites is 1. The van der Waals surface area contributed by atoms with Crippen LogP contribution in [0.4, 0.5) is 5.82 Å². The van der Waals surface area contributed by atoms with Crippen molar-refractivity contribution in [1.29, 1.82) is 0 Å². The molecular formula is C14H18ClN3O. The predicted octanol–water partition coefficient (Wildman–Crippen LogP) is 3.04. The van der Waals surface area contributed by atoms with Gasteiger partial charge in [0.15, 0.2) is 0 Å². The van der Waals surface area contributed by atoms with Gasteiger partial charge in [-0.3, -0.25) is 4.68 Å². The number of hydrogen-bond acceptors (Lipinski definition) is 3. The highest BCUT2D eigenvalue weighted by Gasteiger charge is 2.26. The lowest BCUT2D eigenvalue weighted by Gasteiger charge is -2.07. The first-order valence-corrected chi connectivity index (χ1v) is 6.29. The number of benzene rings is 1. The van der Waals surface area contributed by atoms with E-state index in [1.165, 1.54) is 18.5 Å². The summed E-state index contributed by atoms with van der Waals surface area (Å²) in [5, 5.41) is 17.5. The van der Waals surface area contributed by atoms with Crippen molar-refractivity contribution in [3.05, 3.63) is 41.6 Å². The van der Waals surface area contributed by atoms with Crippen molar-refractivity contribution in [3.8, 4) is 5.75 Å². The number of aromatic hydroxyl groups is 1. The fourth-order valence-corrected chi connectivity index (χ4v) is 2.08. The zero-order chi connectivity index (χ0) is 12.5. The van der Waals surface area contributed by atoms with Crippen LogP contribution in [0.1, 0.15) is 30.0 Å². The zero-order valence-electron chi connectivity index (χ0n) is 10.8. The fourth-order valence-electron chi connectivity index (χ4n) is 2.08.